The van der Waals surface area contributed by atoms with Crippen LogP contribution >= 0.6 is 0 Å². The van der Waals surface area contributed by atoms with Crippen LogP contribution in [0.5, 0.6) is 0 Å². The van der Waals surface area contributed by atoms with Gasteiger partial charge in [-0.3, -0.25) is 4.21 Å². The molecule has 1 aromatic heterocycles. The lowest BCUT2D eigenvalue weighted by Gasteiger charge is -2.03. The normalized spacial score (nSPS) is 11.8. The molecule has 1 heterocycles. The van der Waals surface area contributed by atoms with Crippen molar-refractivity contribution in [3.05, 3.63) is 59.4 Å². The van der Waals surface area contributed by atoms with Gasteiger partial charge in [0, 0.05) is 11.1 Å². The lowest BCUT2D eigenvalue weighted by Crippen LogP contribution is -1.98. The van der Waals surface area contributed by atoms with Crippen molar-refractivity contribution in [2.45, 2.75) is 17.6 Å². The largest absolute Gasteiger partial charge is 0.254 e. The Labute approximate surface area is 109 Å². The van der Waals surface area contributed by atoms with Gasteiger partial charge in [0.1, 0.15) is 11.8 Å². The maximum atomic E-state index is 12.2. The quantitative estimate of drug-likeness (QED) is 0.848. The van der Waals surface area contributed by atoms with E-state index < -0.39 is 10.8 Å². The summed E-state index contributed by atoms with van der Waals surface area (Å²) in [6.07, 6.45) is 1.57. The summed E-state index contributed by atoms with van der Waals surface area (Å²) in [5.74, 6) is 0.403. The smallest absolute Gasteiger partial charge is 0.140 e. The zero-order valence-corrected chi connectivity index (χ0v) is 10.8. The molecular weight excluding hydrogens is 244 g/mol. The summed E-state index contributed by atoms with van der Waals surface area (Å²) in [7, 11) is -1.09. The molecular formula is C14H12N2OS. The summed E-state index contributed by atoms with van der Waals surface area (Å²) in [5.41, 5.74) is 2.31. The Bertz CT molecular complexity index is 632. The summed E-state index contributed by atoms with van der Waals surface area (Å²) in [6, 6.07) is 13.1. The maximum absolute atomic E-state index is 12.2. The highest BCUT2D eigenvalue weighted by Gasteiger charge is 2.06. The molecule has 0 fully saturated rings. The molecule has 18 heavy (non-hydrogen) atoms. The van der Waals surface area contributed by atoms with E-state index in [-0.39, 0.29) is 0 Å². The number of nitrogens with zero attached hydrogens (tertiary/aromatic N) is 2. The van der Waals surface area contributed by atoms with Crippen molar-refractivity contribution in [3.63, 3.8) is 0 Å². The lowest BCUT2D eigenvalue weighted by atomic mass is 10.2. The number of hydrogen-bond acceptors (Lipinski definition) is 3. The molecule has 4 heteroatoms. The zero-order valence-electron chi connectivity index (χ0n) is 9.96. The summed E-state index contributed by atoms with van der Waals surface area (Å²) in [4.78, 5) is 4.70. The number of hydrogen-bond donors (Lipinski definition) is 0. The first-order valence-corrected chi connectivity index (χ1v) is 6.81. The molecule has 1 atom stereocenters. The van der Waals surface area contributed by atoms with Gasteiger partial charge in [-0.15, -0.1) is 0 Å². The molecule has 0 saturated heterocycles. The van der Waals surface area contributed by atoms with Gasteiger partial charge in [0.05, 0.1) is 16.6 Å². The lowest BCUT2D eigenvalue weighted by molar-refractivity contribution is 0.682. The Morgan fingerprint density at radius 2 is 2.17 bits per heavy atom. The monoisotopic (exact) mass is 256 g/mol. The number of pyridine rings is 1. The first-order chi connectivity index (χ1) is 8.69. The van der Waals surface area contributed by atoms with Crippen molar-refractivity contribution < 1.29 is 4.21 Å². The number of benzene rings is 1. The van der Waals surface area contributed by atoms with Crippen molar-refractivity contribution in [3.8, 4) is 6.07 Å². The summed E-state index contributed by atoms with van der Waals surface area (Å²) < 4.78 is 12.2. The highest BCUT2D eigenvalue weighted by atomic mass is 32.2. The van der Waals surface area contributed by atoms with Crippen LogP contribution in [0.3, 0.4) is 0 Å². The molecule has 0 N–H and O–H groups in total. The van der Waals surface area contributed by atoms with E-state index >= 15 is 0 Å². The summed E-state index contributed by atoms with van der Waals surface area (Å²) in [6.45, 7) is 1.97. The van der Waals surface area contributed by atoms with Gasteiger partial charge < -0.3 is 0 Å². The molecule has 0 aliphatic rings. The highest BCUT2D eigenvalue weighted by molar-refractivity contribution is 7.84. The number of aromatic nitrogens is 1. The minimum atomic E-state index is -1.09. The van der Waals surface area contributed by atoms with Gasteiger partial charge in [-0.2, -0.15) is 5.26 Å². The number of aryl methyl sites for hydroxylation is 1. The van der Waals surface area contributed by atoms with Gasteiger partial charge in [0.25, 0.3) is 0 Å². The van der Waals surface area contributed by atoms with Crippen LogP contribution in [0.1, 0.15) is 16.8 Å². The van der Waals surface area contributed by atoms with E-state index in [1.807, 2.05) is 37.3 Å². The average molecular weight is 256 g/mol. The Balaban J connectivity index is 2.19. The molecule has 0 aliphatic carbocycles. The van der Waals surface area contributed by atoms with Crippen LogP contribution in [0.4, 0.5) is 0 Å². The molecule has 1 unspecified atom stereocenters. The summed E-state index contributed by atoms with van der Waals surface area (Å²) >= 11 is 0. The van der Waals surface area contributed by atoms with Crippen molar-refractivity contribution >= 4 is 10.8 Å². The Morgan fingerprint density at radius 1 is 1.33 bits per heavy atom. The molecule has 2 aromatic rings. The second-order valence-electron chi connectivity index (χ2n) is 3.97. The molecule has 3 nitrogen and oxygen atoms in total. The van der Waals surface area contributed by atoms with E-state index in [0.29, 0.717) is 11.4 Å². The highest BCUT2D eigenvalue weighted by Crippen LogP contribution is 2.14. The predicted molar refractivity (Wildman–Crippen MR) is 70.2 cm³/mol. The van der Waals surface area contributed by atoms with Crippen molar-refractivity contribution in [1.29, 1.82) is 5.26 Å². The minimum absolute atomic E-state index is 0.355. The van der Waals surface area contributed by atoms with Crippen molar-refractivity contribution in [1.82, 2.24) is 4.98 Å². The van der Waals surface area contributed by atoms with Gasteiger partial charge in [-0.25, -0.2) is 4.98 Å². The van der Waals surface area contributed by atoms with Gasteiger partial charge in [-0.1, -0.05) is 12.1 Å². The molecule has 0 spiro atoms. The van der Waals surface area contributed by atoms with E-state index in [9.17, 15) is 4.21 Å². The van der Waals surface area contributed by atoms with Crippen LogP contribution in [-0.4, -0.2) is 9.19 Å². The first-order valence-electron chi connectivity index (χ1n) is 5.49. The fourth-order valence-corrected chi connectivity index (χ4v) is 2.81. The van der Waals surface area contributed by atoms with Crippen LogP contribution < -0.4 is 0 Å². The average Bonchev–Trinajstić information content (AvgIpc) is 2.39. The van der Waals surface area contributed by atoms with Gasteiger partial charge >= 0.3 is 0 Å². The van der Waals surface area contributed by atoms with E-state index in [1.54, 1.807) is 18.3 Å². The molecule has 0 saturated carbocycles. The van der Waals surface area contributed by atoms with Gasteiger partial charge in [-0.05, 0) is 42.3 Å². The Morgan fingerprint density at radius 3 is 2.89 bits per heavy atom. The maximum Gasteiger partial charge on any atom is 0.140 e. The van der Waals surface area contributed by atoms with Crippen LogP contribution in [0, 0.1) is 18.3 Å². The second kappa shape index (κ2) is 5.56. The molecule has 0 aliphatic heterocycles. The predicted octanol–water partition coefficient (Wildman–Crippen LogP) is 2.57. The van der Waals surface area contributed by atoms with Crippen LogP contribution in [0.15, 0.2) is 47.5 Å². The zero-order chi connectivity index (χ0) is 13.0. The third-order valence-electron chi connectivity index (χ3n) is 2.49. The number of rotatable bonds is 3. The van der Waals surface area contributed by atoms with Crippen molar-refractivity contribution in [2.24, 2.45) is 0 Å². The third-order valence-corrected chi connectivity index (χ3v) is 3.86. The molecule has 1 aromatic carbocycles. The fraction of sp³-hybridized carbons (Fsp3) is 0.143. The van der Waals surface area contributed by atoms with Crippen molar-refractivity contribution in [2.75, 3.05) is 0 Å². The van der Waals surface area contributed by atoms with Crippen LogP contribution in [-0.2, 0) is 16.6 Å². The minimum Gasteiger partial charge on any atom is -0.254 e. The van der Waals surface area contributed by atoms with Gasteiger partial charge in [0.2, 0.25) is 0 Å². The SMILES string of the molecule is Cc1cccc(S(=O)Cc2ccnc(C#N)c2)c1. The van der Waals surface area contributed by atoms with E-state index in [2.05, 4.69) is 4.98 Å². The Kier molecular flexibility index (Phi) is 3.85. The fourth-order valence-electron chi connectivity index (χ4n) is 1.62. The molecule has 0 radical (unpaired) electrons. The molecule has 2 rings (SSSR count). The second-order valence-corrected chi connectivity index (χ2v) is 5.42. The van der Waals surface area contributed by atoms with E-state index in [1.165, 1.54) is 0 Å². The topological polar surface area (TPSA) is 53.8 Å². The Hall–Kier alpha value is -1.99. The van der Waals surface area contributed by atoms with Crippen LogP contribution in [0.2, 0.25) is 0 Å². The third kappa shape index (κ3) is 3.02. The molecule has 0 amide bonds. The standard InChI is InChI=1S/C14H12N2OS/c1-11-3-2-4-14(7-11)18(17)10-12-5-6-16-13(8-12)9-15/h2-8H,10H2,1H3. The molecule has 0 bridgehead atoms. The first kappa shape index (κ1) is 12.5. The van der Waals surface area contributed by atoms with E-state index in [0.717, 1.165) is 16.0 Å². The summed E-state index contributed by atoms with van der Waals surface area (Å²) in [5, 5.41) is 8.76. The number of nitriles is 1. The van der Waals surface area contributed by atoms with Gasteiger partial charge in [0.15, 0.2) is 0 Å². The van der Waals surface area contributed by atoms with E-state index in [4.69, 9.17) is 5.26 Å². The van der Waals surface area contributed by atoms with Crippen LogP contribution in [0.25, 0.3) is 0 Å². The molecule has 90 valence electrons.